The van der Waals surface area contributed by atoms with Gasteiger partial charge >= 0.3 is 29.8 Å². The highest BCUT2D eigenvalue weighted by molar-refractivity contribution is 5.80. The number of hydrogen-bond donors (Lipinski definition) is 2. The van der Waals surface area contributed by atoms with Crippen molar-refractivity contribution >= 4 is 35.8 Å². The molecule has 3 fully saturated rings. The van der Waals surface area contributed by atoms with Gasteiger partial charge in [-0.3, -0.25) is 33.8 Å². The summed E-state index contributed by atoms with van der Waals surface area (Å²) in [7, 11) is 1.16. The van der Waals surface area contributed by atoms with E-state index in [2.05, 4.69) is 10.2 Å². The van der Waals surface area contributed by atoms with E-state index in [9.17, 15) is 33.9 Å². The molecule has 0 aromatic heterocycles. The number of esters is 5. The fraction of sp³-hybridized carbons (Fsp3) is 0.833. The fourth-order valence-electron chi connectivity index (χ4n) is 7.38. The van der Waals surface area contributed by atoms with E-state index in [-0.39, 0.29) is 26.1 Å². The molecule has 0 radical (unpaired) electrons. The number of carbonyl (C=O) groups excluding carboxylic acids is 6. The largest absolute Gasteiger partial charge is 0.466 e. The molecule has 10 atom stereocenters. The first-order valence-electron chi connectivity index (χ1n) is 18.7. The molecule has 3 aliphatic rings. The van der Waals surface area contributed by atoms with Gasteiger partial charge in [-0.15, -0.1) is 0 Å². The number of hydrogen-bond acceptors (Lipinski definition) is 17. The van der Waals surface area contributed by atoms with Crippen LogP contribution in [0.2, 0.25) is 0 Å². The van der Waals surface area contributed by atoms with Gasteiger partial charge in [0.05, 0.1) is 25.3 Å². The Morgan fingerprint density at radius 3 is 2.02 bits per heavy atom. The Hall–Kier alpha value is -3.42. The van der Waals surface area contributed by atoms with Gasteiger partial charge in [-0.05, 0) is 12.8 Å². The van der Waals surface area contributed by atoms with Crippen LogP contribution in [0.1, 0.15) is 80.6 Å². The molecule has 4 unspecified atom stereocenters. The van der Waals surface area contributed by atoms with Crippen LogP contribution in [0.25, 0.3) is 0 Å². The van der Waals surface area contributed by atoms with Crippen LogP contribution in [-0.2, 0) is 66.7 Å². The van der Waals surface area contributed by atoms with E-state index in [0.29, 0.717) is 19.8 Å². The molecule has 3 aliphatic heterocycles. The monoisotopic (exact) mass is 773 g/mol. The minimum atomic E-state index is -2.05. The standard InChI is InChI=1S/C36H59N3O15/c1-9-11-15-48-31-26-18-39(14-13-38(26)19-27(45)32(31)49-16-12-10-2)36(35(46)47-8)17-28(51-23(5)42)30(37-21(3)40)34(54-36)33(53-25(7)44)29(52-24(6)43)20-50-22(4)41/h26-34,45H,9-20H2,1-8H3,(H,37,40)/t26-,27+,28-,29?,30-,31?,32-,33?,34?,36-/m1/s1. The van der Waals surface area contributed by atoms with Crippen LogP contribution in [0, 0.1) is 0 Å². The lowest BCUT2D eigenvalue weighted by molar-refractivity contribution is -0.286. The number of piperazine rings is 1. The summed E-state index contributed by atoms with van der Waals surface area (Å²) in [4.78, 5) is 80.3. The number of amides is 1. The number of fused-ring (bicyclic) bond motifs is 1. The molecule has 54 heavy (non-hydrogen) atoms. The molecule has 0 aromatic carbocycles. The Balaban J connectivity index is 2.20. The summed E-state index contributed by atoms with van der Waals surface area (Å²) >= 11 is 0. The topological polar surface area (TPSA) is 215 Å². The second kappa shape index (κ2) is 21.0. The molecule has 0 saturated carbocycles. The molecule has 3 heterocycles. The maximum atomic E-state index is 14.3. The van der Waals surface area contributed by atoms with Gasteiger partial charge in [-0.1, -0.05) is 26.7 Å². The first-order valence-corrected chi connectivity index (χ1v) is 18.7. The number of aliphatic hydroxyl groups is 1. The van der Waals surface area contributed by atoms with Gasteiger partial charge in [0.15, 0.2) is 12.2 Å². The Morgan fingerprint density at radius 2 is 1.48 bits per heavy atom. The van der Waals surface area contributed by atoms with Crippen molar-refractivity contribution < 1.29 is 71.8 Å². The number of nitrogens with zero attached hydrogens (tertiary/aromatic N) is 2. The third-order valence-corrected chi connectivity index (χ3v) is 9.68. The quantitative estimate of drug-likeness (QED) is 0.108. The van der Waals surface area contributed by atoms with E-state index >= 15 is 0 Å². The molecule has 18 nitrogen and oxygen atoms in total. The summed E-state index contributed by atoms with van der Waals surface area (Å²) in [6.45, 7) is 10.9. The number of aliphatic hydroxyl groups excluding tert-OH is 1. The predicted molar refractivity (Wildman–Crippen MR) is 187 cm³/mol. The molecule has 0 spiro atoms. The Morgan fingerprint density at radius 1 is 0.852 bits per heavy atom. The summed E-state index contributed by atoms with van der Waals surface area (Å²) in [6, 6.07) is -1.70. The predicted octanol–water partition coefficient (Wildman–Crippen LogP) is 0.239. The highest BCUT2D eigenvalue weighted by Gasteiger charge is 2.62. The number of methoxy groups -OCH3 is 1. The summed E-state index contributed by atoms with van der Waals surface area (Å²) in [5, 5.41) is 14.0. The third kappa shape index (κ3) is 11.8. The van der Waals surface area contributed by atoms with Crippen LogP contribution in [0.15, 0.2) is 0 Å². The first kappa shape index (κ1) is 45.0. The molecule has 2 N–H and O–H groups in total. The van der Waals surface area contributed by atoms with Gasteiger partial charge in [0.25, 0.3) is 0 Å². The second-order valence-electron chi connectivity index (χ2n) is 13.9. The summed E-state index contributed by atoms with van der Waals surface area (Å²) < 4.78 is 47.0. The zero-order valence-corrected chi connectivity index (χ0v) is 32.7. The van der Waals surface area contributed by atoms with Crippen molar-refractivity contribution in [1.82, 2.24) is 15.1 Å². The summed E-state index contributed by atoms with van der Waals surface area (Å²) in [5.41, 5.74) is -2.05. The smallest absolute Gasteiger partial charge is 0.354 e. The van der Waals surface area contributed by atoms with Crippen LogP contribution in [0.3, 0.4) is 0 Å². The molecule has 0 aromatic rings. The van der Waals surface area contributed by atoms with E-state index < -0.39 is 103 Å². The molecular weight excluding hydrogens is 714 g/mol. The van der Waals surface area contributed by atoms with Crippen molar-refractivity contribution in [3.8, 4) is 0 Å². The number of carbonyl (C=O) groups is 6. The summed E-state index contributed by atoms with van der Waals surface area (Å²) in [6.07, 6.45) is -5.13. The molecule has 0 aliphatic carbocycles. The van der Waals surface area contributed by atoms with Crippen LogP contribution in [0.5, 0.6) is 0 Å². The van der Waals surface area contributed by atoms with Crippen molar-refractivity contribution in [2.24, 2.45) is 0 Å². The van der Waals surface area contributed by atoms with Gasteiger partial charge in [-0.25, -0.2) is 4.79 Å². The molecule has 1 amide bonds. The normalized spacial score (nSPS) is 29.8. The number of nitrogens with one attached hydrogen (secondary N) is 1. The van der Waals surface area contributed by atoms with Crippen LogP contribution in [0.4, 0.5) is 0 Å². The average Bonchev–Trinajstić information content (AvgIpc) is 3.09. The van der Waals surface area contributed by atoms with Gasteiger partial charge in [0.2, 0.25) is 11.6 Å². The lowest BCUT2D eigenvalue weighted by Crippen LogP contribution is -2.76. The molecule has 18 heteroatoms. The van der Waals surface area contributed by atoms with E-state index in [1.807, 2.05) is 13.8 Å². The molecule has 3 rings (SSSR count). The molecule has 0 bridgehead atoms. The van der Waals surface area contributed by atoms with Gasteiger partial charge < -0.3 is 48.3 Å². The number of ether oxygens (including phenoxy) is 8. The van der Waals surface area contributed by atoms with Gasteiger partial charge in [0.1, 0.15) is 31.0 Å². The Bertz CT molecular complexity index is 1300. The van der Waals surface area contributed by atoms with Crippen molar-refractivity contribution in [3.05, 3.63) is 0 Å². The summed E-state index contributed by atoms with van der Waals surface area (Å²) in [5.74, 6) is -4.65. The average molecular weight is 774 g/mol. The first-order chi connectivity index (χ1) is 25.6. The van der Waals surface area contributed by atoms with Crippen LogP contribution >= 0.6 is 0 Å². The minimum absolute atomic E-state index is 0.121. The van der Waals surface area contributed by atoms with Crippen LogP contribution in [-0.4, -0.2) is 164 Å². The minimum Gasteiger partial charge on any atom is -0.466 e. The van der Waals surface area contributed by atoms with Crippen molar-refractivity contribution in [3.63, 3.8) is 0 Å². The number of unbranched alkanes of at least 4 members (excludes halogenated alkanes) is 2. The van der Waals surface area contributed by atoms with Gasteiger partial charge in [0, 0.05) is 80.4 Å². The van der Waals surface area contributed by atoms with Crippen molar-refractivity contribution in [2.45, 2.75) is 141 Å². The van der Waals surface area contributed by atoms with E-state index in [0.717, 1.165) is 60.5 Å². The third-order valence-electron chi connectivity index (χ3n) is 9.68. The zero-order valence-electron chi connectivity index (χ0n) is 32.7. The van der Waals surface area contributed by atoms with Crippen molar-refractivity contribution in [2.75, 3.05) is 53.1 Å². The Kier molecular flexibility index (Phi) is 17.5. The highest BCUT2D eigenvalue weighted by atomic mass is 16.6. The maximum Gasteiger partial charge on any atom is 0.354 e. The second-order valence-corrected chi connectivity index (χ2v) is 13.9. The van der Waals surface area contributed by atoms with Gasteiger partial charge in [-0.2, -0.15) is 0 Å². The molecule has 308 valence electrons. The maximum absolute atomic E-state index is 14.3. The number of rotatable bonds is 18. The van der Waals surface area contributed by atoms with E-state index in [1.165, 1.54) is 6.92 Å². The molecular formula is C36H59N3O15. The zero-order chi connectivity index (χ0) is 40.2. The SMILES string of the molecule is CCCCOC1[C@H]2CN([C@]3(C(=O)OC)C[C@@H](OC(C)=O)[C@@H](NC(C)=O)C(C(OC(C)=O)C(COC(C)=O)OC(C)=O)O3)CCN2C[C@H](O)[C@H]1OCCCC. The lowest BCUT2D eigenvalue weighted by Gasteiger charge is -2.57. The lowest BCUT2D eigenvalue weighted by atomic mass is 9.84. The van der Waals surface area contributed by atoms with E-state index in [1.54, 1.807) is 4.90 Å². The van der Waals surface area contributed by atoms with Crippen LogP contribution < -0.4 is 5.32 Å². The van der Waals surface area contributed by atoms with E-state index in [4.69, 9.17) is 37.9 Å². The fourth-order valence-corrected chi connectivity index (χ4v) is 7.38. The number of piperidine rings is 1. The highest BCUT2D eigenvalue weighted by Crippen LogP contribution is 2.40. The Labute approximate surface area is 316 Å². The molecule has 3 saturated heterocycles. The van der Waals surface area contributed by atoms with Crippen molar-refractivity contribution in [1.29, 1.82) is 0 Å².